The van der Waals surface area contributed by atoms with Crippen LogP contribution in [0.4, 0.5) is 25.8 Å². The topological polar surface area (TPSA) is 16.1 Å². The van der Waals surface area contributed by atoms with Gasteiger partial charge in [0.05, 0.1) is 5.69 Å². The monoisotopic (exact) mass is 526 g/mol. The number of aryl methyl sites for hydroxylation is 2. The van der Waals surface area contributed by atoms with Crippen LogP contribution in [0.2, 0.25) is 0 Å². The summed E-state index contributed by atoms with van der Waals surface area (Å²) in [6, 6.07) is 24.9. The van der Waals surface area contributed by atoms with E-state index < -0.39 is 11.6 Å². The molecule has 39 heavy (non-hydrogen) atoms. The second kappa shape index (κ2) is 14.6. The van der Waals surface area contributed by atoms with Gasteiger partial charge in [-0.15, -0.1) is 0 Å². The maximum Gasteiger partial charge on any atom is 0.135 e. The molecule has 1 heterocycles. The number of rotatable bonds is 14. The minimum Gasteiger partial charge on any atom is -0.310 e. The third-order valence-corrected chi connectivity index (χ3v) is 7.24. The maximum atomic E-state index is 14.6. The summed E-state index contributed by atoms with van der Waals surface area (Å²) in [6.45, 7) is 4.47. The highest BCUT2D eigenvalue weighted by Crippen LogP contribution is 2.36. The van der Waals surface area contributed by atoms with Crippen LogP contribution in [0.25, 0.3) is 11.3 Å². The van der Waals surface area contributed by atoms with Crippen LogP contribution in [-0.4, -0.2) is 4.98 Å². The molecule has 0 aliphatic carbocycles. The number of halogens is 2. The van der Waals surface area contributed by atoms with Crippen molar-refractivity contribution in [3.05, 3.63) is 108 Å². The molecule has 0 radical (unpaired) electrons. The number of nitrogens with zero attached hydrogens (tertiary/aromatic N) is 2. The molecular weight excluding hydrogens is 486 g/mol. The molecule has 0 atom stereocenters. The summed E-state index contributed by atoms with van der Waals surface area (Å²) in [7, 11) is 0. The number of hydrogen-bond acceptors (Lipinski definition) is 2. The SMILES string of the molecule is CCCCCCc1ccc(N(c2ccc(CCCCCC)cc2)c2ccnc(-c3ccc(F)cc3F)c2)cc1. The number of aromatic nitrogens is 1. The second-order valence-corrected chi connectivity index (χ2v) is 10.3. The first kappa shape index (κ1) is 28.5. The molecule has 3 aromatic carbocycles. The van der Waals surface area contributed by atoms with Gasteiger partial charge in [-0.05, 0) is 85.3 Å². The lowest BCUT2D eigenvalue weighted by molar-refractivity contribution is 0.585. The molecule has 2 nitrogen and oxygen atoms in total. The Morgan fingerprint density at radius 3 is 1.67 bits per heavy atom. The van der Waals surface area contributed by atoms with Crippen LogP contribution in [0.3, 0.4) is 0 Å². The lowest BCUT2D eigenvalue weighted by Gasteiger charge is -2.26. The first-order valence-corrected chi connectivity index (χ1v) is 14.5. The normalized spacial score (nSPS) is 11.1. The summed E-state index contributed by atoms with van der Waals surface area (Å²) >= 11 is 0. The van der Waals surface area contributed by atoms with Gasteiger partial charge in [0.25, 0.3) is 0 Å². The van der Waals surface area contributed by atoms with Crippen LogP contribution < -0.4 is 4.90 Å². The number of benzene rings is 3. The zero-order chi connectivity index (χ0) is 27.5. The first-order valence-electron chi connectivity index (χ1n) is 14.5. The first-order chi connectivity index (χ1) is 19.1. The van der Waals surface area contributed by atoms with Gasteiger partial charge >= 0.3 is 0 Å². The molecule has 0 unspecified atom stereocenters. The highest BCUT2D eigenvalue weighted by atomic mass is 19.1. The second-order valence-electron chi connectivity index (χ2n) is 10.3. The Balaban J connectivity index is 1.64. The molecule has 4 heteroatoms. The average molecular weight is 527 g/mol. The summed E-state index contributed by atoms with van der Waals surface area (Å²) in [6.07, 6.45) is 13.8. The van der Waals surface area contributed by atoms with Crippen molar-refractivity contribution in [2.75, 3.05) is 4.90 Å². The van der Waals surface area contributed by atoms with Crippen molar-refractivity contribution in [3.63, 3.8) is 0 Å². The Morgan fingerprint density at radius 2 is 1.15 bits per heavy atom. The molecule has 0 aliphatic rings. The van der Waals surface area contributed by atoms with Crippen LogP contribution in [0.1, 0.15) is 76.3 Å². The minimum atomic E-state index is -0.619. The van der Waals surface area contributed by atoms with Gasteiger partial charge in [-0.1, -0.05) is 76.6 Å². The lowest BCUT2D eigenvalue weighted by atomic mass is 10.0. The number of unbranched alkanes of at least 4 members (excludes halogenated alkanes) is 6. The Hall–Kier alpha value is -3.53. The predicted molar refractivity (Wildman–Crippen MR) is 160 cm³/mol. The Kier molecular flexibility index (Phi) is 10.6. The largest absolute Gasteiger partial charge is 0.310 e. The van der Waals surface area contributed by atoms with E-state index in [1.807, 2.05) is 12.1 Å². The van der Waals surface area contributed by atoms with E-state index in [9.17, 15) is 8.78 Å². The molecule has 0 bridgehead atoms. The molecule has 0 saturated heterocycles. The lowest BCUT2D eigenvalue weighted by Crippen LogP contribution is -2.10. The van der Waals surface area contributed by atoms with E-state index in [-0.39, 0.29) is 5.56 Å². The number of hydrogen-bond donors (Lipinski definition) is 0. The molecule has 1 aromatic heterocycles. The smallest absolute Gasteiger partial charge is 0.135 e. The Morgan fingerprint density at radius 1 is 0.590 bits per heavy atom. The molecule has 0 N–H and O–H groups in total. The molecule has 4 aromatic rings. The average Bonchev–Trinajstić information content (AvgIpc) is 2.95. The molecule has 0 aliphatic heterocycles. The summed E-state index contributed by atoms with van der Waals surface area (Å²) < 4.78 is 28.2. The van der Waals surface area contributed by atoms with E-state index in [0.717, 1.165) is 36.0 Å². The van der Waals surface area contributed by atoms with E-state index in [4.69, 9.17) is 0 Å². The molecule has 0 spiro atoms. The van der Waals surface area contributed by atoms with Crippen LogP contribution in [-0.2, 0) is 12.8 Å². The van der Waals surface area contributed by atoms with E-state index in [1.54, 1.807) is 6.20 Å². The fourth-order valence-electron chi connectivity index (χ4n) is 4.99. The molecule has 0 amide bonds. The van der Waals surface area contributed by atoms with Crippen LogP contribution in [0.15, 0.2) is 85.1 Å². The Bertz CT molecular complexity index is 1240. The van der Waals surface area contributed by atoms with Crippen LogP contribution in [0, 0.1) is 11.6 Å². The van der Waals surface area contributed by atoms with Crippen molar-refractivity contribution >= 4 is 17.1 Å². The van der Waals surface area contributed by atoms with Crippen molar-refractivity contribution < 1.29 is 8.78 Å². The van der Waals surface area contributed by atoms with Gasteiger partial charge in [0.2, 0.25) is 0 Å². The van der Waals surface area contributed by atoms with E-state index in [1.165, 1.54) is 74.6 Å². The van der Waals surface area contributed by atoms with E-state index >= 15 is 0 Å². The quantitative estimate of drug-likeness (QED) is 0.152. The zero-order valence-electron chi connectivity index (χ0n) is 23.3. The van der Waals surface area contributed by atoms with Crippen molar-refractivity contribution in [3.8, 4) is 11.3 Å². The summed E-state index contributed by atoms with van der Waals surface area (Å²) in [4.78, 5) is 6.58. The maximum absolute atomic E-state index is 14.6. The third-order valence-electron chi connectivity index (χ3n) is 7.24. The standard InChI is InChI=1S/C35H40F2N2/c1-3-5-7-9-11-27-13-18-30(19-14-27)39(31-20-15-28(16-21-31)12-10-8-6-4-2)32-23-24-38-35(26-32)33-22-17-29(36)25-34(33)37/h13-26H,3-12H2,1-2H3. The van der Waals surface area contributed by atoms with Crippen molar-refractivity contribution in [2.24, 2.45) is 0 Å². The van der Waals surface area contributed by atoms with Gasteiger partial charge in [-0.25, -0.2) is 8.78 Å². The fourth-order valence-corrected chi connectivity index (χ4v) is 4.99. The highest BCUT2D eigenvalue weighted by molar-refractivity contribution is 5.79. The van der Waals surface area contributed by atoms with Crippen molar-refractivity contribution in [1.82, 2.24) is 4.98 Å². The van der Waals surface area contributed by atoms with Gasteiger partial charge in [0, 0.05) is 34.9 Å². The van der Waals surface area contributed by atoms with Gasteiger partial charge < -0.3 is 4.90 Å². The molecule has 0 fully saturated rings. The van der Waals surface area contributed by atoms with E-state index in [0.29, 0.717) is 5.69 Å². The van der Waals surface area contributed by atoms with Gasteiger partial charge in [-0.2, -0.15) is 0 Å². The summed E-state index contributed by atoms with van der Waals surface area (Å²) in [5, 5.41) is 0. The van der Waals surface area contributed by atoms with Gasteiger partial charge in [0.15, 0.2) is 0 Å². The van der Waals surface area contributed by atoms with E-state index in [2.05, 4.69) is 72.3 Å². The summed E-state index contributed by atoms with van der Waals surface area (Å²) in [5.74, 6) is -1.22. The molecule has 4 rings (SSSR count). The predicted octanol–water partition coefficient (Wildman–Crippen LogP) is 10.7. The Labute approximate surface area is 232 Å². The number of anilines is 3. The van der Waals surface area contributed by atoms with Crippen molar-refractivity contribution in [2.45, 2.75) is 78.1 Å². The number of pyridine rings is 1. The third kappa shape index (κ3) is 7.98. The minimum absolute atomic E-state index is 0.281. The molecule has 0 saturated carbocycles. The molecule has 204 valence electrons. The van der Waals surface area contributed by atoms with Crippen LogP contribution >= 0.6 is 0 Å². The summed E-state index contributed by atoms with van der Waals surface area (Å²) in [5.41, 5.74) is 6.34. The van der Waals surface area contributed by atoms with Crippen molar-refractivity contribution in [1.29, 1.82) is 0 Å². The van der Waals surface area contributed by atoms with Crippen LogP contribution in [0.5, 0.6) is 0 Å². The molecular formula is C35H40F2N2. The highest BCUT2D eigenvalue weighted by Gasteiger charge is 2.16. The zero-order valence-corrected chi connectivity index (χ0v) is 23.3. The van der Waals surface area contributed by atoms with Gasteiger partial charge in [-0.3, -0.25) is 4.98 Å². The van der Waals surface area contributed by atoms with Gasteiger partial charge in [0.1, 0.15) is 11.6 Å². The fraction of sp³-hybridized carbons (Fsp3) is 0.343.